The molecule has 2 unspecified atom stereocenters. The van der Waals surface area contributed by atoms with Crippen molar-refractivity contribution in [2.45, 2.75) is 33.2 Å². The van der Waals surface area contributed by atoms with E-state index in [1.807, 2.05) is 18.2 Å². The van der Waals surface area contributed by atoms with Crippen LogP contribution in [0.3, 0.4) is 0 Å². The Kier molecular flexibility index (Phi) is 4.47. The van der Waals surface area contributed by atoms with Gasteiger partial charge in [-0.05, 0) is 18.9 Å². The number of anilines is 2. The number of rotatable bonds is 5. The number of methoxy groups -OCH3 is 1. The molecule has 16 heavy (non-hydrogen) atoms. The Balaban J connectivity index is 2.76. The Labute approximate surface area is 98.0 Å². The highest BCUT2D eigenvalue weighted by molar-refractivity contribution is 5.59. The van der Waals surface area contributed by atoms with Gasteiger partial charge in [-0.1, -0.05) is 20.3 Å². The highest BCUT2D eigenvalue weighted by Gasteiger charge is 2.10. The monoisotopic (exact) mass is 222 g/mol. The van der Waals surface area contributed by atoms with E-state index in [-0.39, 0.29) is 0 Å². The first-order chi connectivity index (χ1) is 7.56. The van der Waals surface area contributed by atoms with Gasteiger partial charge in [0.25, 0.3) is 0 Å². The Hall–Kier alpha value is -1.38. The van der Waals surface area contributed by atoms with E-state index in [1.165, 1.54) is 0 Å². The normalized spacial score (nSPS) is 14.2. The van der Waals surface area contributed by atoms with Gasteiger partial charge in [-0.15, -0.1) is 0 Å². The number of benzene rings is 1. The zero-order valence-corrected chi connectivity index (χ0v) is 10.6. The quantitative estimate of drug-likeness (QED) is 0.752. The average Bonchev–Trinajstić information content (AvgIpc) is 2.26. The summed E-state index contributed by atoms with van der Waals surface area (Å²) in [5.41, 5.74) is 7.54. The Morgan fingerprint density at radius 1 is 1.31 bits per heavy atom. The highest BCUT2D eigenvalue weighted by atomic mass is 16.5. The van der Waals surface area contributed by atoms with Crippen LogP contribution in [0, 0.1) is 5.92 Å². The lowest BCUT2D eigenvalue weighted by Crippen LogP contribution is -2.23. The maximum absolute atomic E-state index is 5.80. The summed E-state index contributed by atoms with van der Waals surface area (Å²) in [7, 11) is 1.65. The molecule has 1 rings (SSSR count). The third kappa shape index (κ3) is 3.33. The van der Waals surface area contributed by atoms with Crippen molar-refractivity contribution in [3.05, 3.63) is 18.2 Å². The molecule has 0 radical (unpaired) electrons. The summed E-state index contributed by atoms with van der Waals surface area (Å²) in [4.78, 5) is 0. The number of nitrogens with one attached hydrogen (secondary N) is 1. The molecule has 0 saturated carbocycles. The minimum atomic E-state index is 0.427. The van der Waals surface area contributed by atoms with E-state index in [0.717, 1.165) is 23.5 Å². The smallest absolute Gasteiger partial charge is 0.122 e. The molecule has 3 nitrogen and oxygen atoms in total. The van der Waals surface area contributed by atoms with E-state index in [1.54, 1.807) is 7.11 Å². The number of ether oxygens (including phenoxy) is 1. The molecule has 1 aromatic rings. The molecule has 2 atom stereocenters. The summed E-state index contributed by atoms with van der Waals surface area (Å²) >= 11 is 0. The van der Waals surface area contributed by atoms with Gasteiger partial charge in [0.2, 0.25) is 0 Å². The molecule has 0 fully saturated rings. The van der Waals surface area contributed by atoms with Gasteiger partial charge in [0.1, 0.15) is 5.75 Å². The number of nitrogen functional groups attached to an aromatic ring is 1. The fraction of sp³-hybridized carbons (Fsp3) is 0.538. The van der Waals surface area contributed by atoms with Gasteiger partial charge in [0, 0.05) is 29.5 Å². The molecular weight excluding hydrogens is 200 g/mol. The molecule has 0 saturated heterocycles. The molecule has 0 aliphatic rings. The molecule has 0 amide bonds. The van der Waals surface area contributed by atoms with Crippen LogP contribution < -0.4 is 15.8 Å². The summed E-state index contributed by atoms with van der Waals surface area (Å²) < 4.78 is 5.18. The van der Waals surface area contributed by atoms with Crippen LogP contribution in [-0.2, 0) is 0 Å². The molecule has 3 heteroatoms. The van der Waals surface area contributed by atoms with Gasteiger partial charge < -0.3 is 15.8 Å². The van der Waals surface area contributed by atoms with Gasteiger partial charge in [-0.2, -0.15) is 0 Å². The molecule has 90 valence electrons. The maximum Gasteiger partial charge on any atom is 0.122 e. The predicted molar refractivity (Wildman–Crippen MR) is 69.9 cm³/mol. The largest absolute Gasteiger partial charge is 0.497 e. The molecular formula is C13H22N2O. The van der Waals surface area contributed by atoms with Crippen LogP contribution >= 0.6 is 0 Å². The second-order valence-corrected chi connectivity index (χ2v) is 4.31. The fourth-order valence-electron chi connectivity index (χ4n) is 1.58. The predicted octanol–water partition coefficient (Wildman–Crippen LogP) is 3.12. The lowest BCUT2D eigenvalue weighted by molar-refractivity contribution is 0.415. The Bertz CT molecular complexity index is 339. The van der Waals surface area contributed by atoms with Crippen molar-refractivity contribution in [1.29, 1.82) is 0 Å². The third-order valence-electron chi connectivity index (χ3n) is 3.06. The van der Waals surface area contributed by atoms with E-state index in [2.05, 4.69) is 26.1 Å². The van der Waals surface area contributed by atoms with Crippen molar-refractivity contribution in [3.8, 4) is 5.75 Å². The second kappa shape index (κ2) is 5.64. The molecule has 0 spiro atoms. The average molecular weight is 222 g/mol. The fourth-order valence-corrected chi connectivity index (χ4v) is 1.58. The number of hydrogen-bond acceptors (Lipinski definition) is 3. The van der Waals surface area contributed by atoms with E-state index >= 15 is 0 Å². The van der Waals surface area contributed by atoms with E-state index < -0.39 is 0 Å². The topological polar surface area (TPSA) is 47.3 Å². The van der Waals surface area contributed by atoms with Crippen molar-refractivity contribution in [2.24, 2.45) is 5.92 Å². The summed E-state index contributed by atoms with van der Waals surface area (Å²) in [6.45, 7) is 6.62. The molecule has 0 heterocycles. The molecule has 0 aliphatic heterocycles. The first-order valence-electron chi connectivity index (χ1n) is 5.78. The van der Waals surface area contributed by atoms with Crippen LogP contribution in [0.25, 0.3) is 0 Å². The van der Waals surface area contributed by atoms with Gasteiger partial charge >= 0.3 is 0 Å². The van der Waals surface area contributed by atoms with Crippen molar-refractivity contribution in [1.82, 2.24) is 0 Å². The van der Waals surface area contributed by atoms with Crippen molar-refractivity contribution < 1.29 is 4.74 Å². The van der Waals surface area contributed by atoms with E-state index in [9.17, 15) is 0 Å². The Morgan fingerprint density at radius 3 is 2.56 bits per heavy atom. The van der Waals surface area contributed by atoms with Crippen LogP contribution in [0.1, 0.15) is 27.2 Å². The van der Waals surface area contributed by atoms with E-state index in [4.69, 9.17) is 10.5 Å². The van der Waals surface area contributed by atoms with Crippen molar-refractivity contribution >= 4 is 11.4 Å². The summed E-state index contributed by atoms with van der Waals surface area (Å²) in [5.74, 6) is 1.42. The first kappa shape index (κ1) is 12.7. The second-order valence-electron chi connectivity index (χ2n) is 4.31. The molecule has 0 bridgehead atoms. The van der Waals surface area contributed by atoms with Crippen LogP contribution in [-0.4, -0.2) is 13.2 Å². The zero-order chi connectivity index (χ0) is 12.1. The minimum absolute atomic E-state index is 0.427. The number of nitrogens with two attached hydrogens (primary N) is 1. The first-order valence-corrected chi connectivity index (χ1v) is 5.78. The third-order valence-corrected chi connectivity index (χ3v) is 3.06. The van der Waals surface area contributed by atoms with Crippen LogP contribution in [0.4, 0.5) is 11.4 Å². The van der Waals surface area contributed by atoms with Crippen molar-refractivity contribution in [2.75, 3.05) is 18.2 Å². The maximum atomic E-state index is 5.80. The highest BCUT2D eigenvalue weighted by Crippen LogP contribution is 2.24. The van der Waals surface area contributed by atoms with Crippen LogP contribution in [0.15, 0.2) is 18.2 Å². The molecule has 3 N–H and O–H groups in total. The van der Waals surface area contributed by atoms with Crippen molar-refractivity contribution in [3.63, 3.8) is 0 Å². The molecule has 1 aromatic carbocycles. The SMILES string of the molecule is CCC(C)C(C)Nc1cc(N)cc(OC)c1. The van der Waals surface area contributed by atoms with E-state index in [0.29, 0.717) is 12.0 Å². The van der Waals surface area contributed by atoms with Gasteiger partial charge in [-0.3, -0.25) is 0 Å². The van der Waals surface area contributed by atoms with Crippen LogP contribution in [0.5, 0.6) is 5.75 Å². The zero-order valence-electron chi connectivity index (χ0n) is 10.6. The lowest BCUT2D eigenvalue weighted by Gasteiger charge is -2.21. The number of hydrogen-bond donors (Lipinski definition) is 2. The minimum Gasteiger partial charge on any atom is -0.497 e. The summed E-state index contributed by atoms with van der Waals surface area (Å²) in [5, 5.41) is 3.45. The Morgan fingerprint density at radius 2 is 2.00 bits per heavy atom. The lowest BCUT2D eigenvalue weighted by atomic mass is 10.0. The molecule has 0 aliphatic carbocycles. The van der Waals surface area contributed by atoms with Crippen LogP contribution in [0.2, 0.25) is 0 Å². The summed E-state index contributed by atoms with van der Waals surface area (Å²) in [6, 6.07) is 6.15. The standard InChI is InChI=1S/C13H22N2O/c1-5-9(2)10(3)15-12-6-11(14)7-13(8-12)16-4/h6-10,15H,5,14H2,1-4H3. The molecule has 0 aromatic heterocycles. The van der Waals surface area contributed by atoms with Gasteiger partial charge in [-0.25, -0.2) is 0 Å². The summed E-state index contributed by atoms with van der Waals surface area (Å²) in [6.07, 6.45) is 1.16. The van der Waals surface area contributed by atoms with Gasteiger partial charge in [0.05, 0.1) is 7.11 Å². The van der Waals surface area contributed by atoms with Gasteiger partial charge in [0.15, 0.2) is 0 Å².